The largest absolute Gasteiger partial charge is 0.382 e. The molecule has 0 aromatic heterocycles. The van der Waals surface area contributed by atoms with E-state index in [1.165, 1.54) is 0 Å². The molecule has 39 heavy (non-hydrogen) atoms. The van der Waals surface area contributed by atoms with Crippen molar-refractivity contribution in [2.45, 2.75) is 44.9 Å². The topological polar surface area (TPSA) is 118 Å². The summed E-state index contributed by atoms with van der Waals surface area (Å²) in [7, 11) is 0. The molecule has 0 saturated carbocycles. The Balaban J connectivity index is 0.00000172. The predicted octanol–water partition coefficient (Wildman–Crippen LogP) is 3.45. The van der Waals surface area contributed by atoms with Crippen LogP contribution in [0.3, 0.4) is 0 Å². The minimum atomic E-state index is -1.26. The molecule has 8 heteroatoms. The predicted molar refractivity (Wildman–Crippen MR) is 152 cm³/mol. The van der Waals surface area contributed by atoms with Crippen LogP contribution in [0.25, 0.3) is 5.70 Å². The van der Waals surface area contributed by atoms with Gasteiger partial charge in [0.1, 0.15) is 23.3 Å². The van der Waals surface area contributed by atoms with E-state index >= 15 is 0 Å². The number of nitrogens with one attached hydrogen (secondary N) is 1. The van der Waals surface area contributed by atoms with E-state index in [9.17, 15) is 15.2 Å². The van der Waals surface area contributed by atoms with Crippen LogP contribution in [0.4, 0.5) is 0 Å². The maximum absolute atomic E-state index is 12.4. The lowest BCUT2D eigenvalue weighted by Gasteiger charge is -2.39. The summed E-state index contributed by atoms with van der Waals surface area (Å²) in [5.41, 5.74) is 9.62. The SMILES string of the molecule is C#C.CCC(=O)N1CCCC(C2NC(c3ccc([C@@](C)(O)c4cccc(C#N)c4)cc3)=C3C(N)=NC=CN32)C1. The van der Waals surface area contributed by atoms with Crippen molar-refractivity contribution in [1.29, 1.82) is 5.26 Å². The Labute approximate surface area is 230 Å². The summed E-state index contributed by atoms with van der Waals surface area (Å²) in [6, 6.07) is 16.9. The van der Waals surface area contributed by atoms with Crippen molar-refractivity contribution in [2.75, 3.05) is 13.1 Å². The number of rotatable bonds is 5. The van der Waals surface area contributed by atoms with E-state index in [0.29, 0.717) is 29.9 Å². The zero-order valence-corrected chi connectivity index (χ0v) is 22.3. The number of carbonyl (C=O) groups excluding carboxylic acids is 1. The minimum Gasteiger partial charge on any atom is -0.382 e. The van der Waals surface area contributed by atoms with Gasteiger partial charge in [0.15, 0.2) is 0 Å². The second kappa shape index (κ2) is 11.5. The fraction of sp³-hybridized carbons (Fsp3) is 0.323. The average Bonchev–Trinajstić information content (AvgIpc) is 3.39. The highest BCUT2D eigenvalue weighted by molar-refractivity contribution is 6.05. The quantitative estimate of drug-likeness (QED) is 0.518. The molecule has 5 rings (SSSR count). The number of nitrogens with zero attached hydrogens (tertiary/aromatic N) is 4. The van der Waals surface area contributed by atoms with Gasteiger partial charge >= 0.3 is 0 Å². The molecule has 0 radical (unpaired) electrons. The molecule has 1 saturated heterocycles. The Morgan fingerprint density at radius 3 is 2.69 bits per heavy atom. The maximum Gasteiger partial charge on any atom is 0.222 e. The van der Waals surface area contributed by atoms with Crippen molar-refractivity contribution in [3.8, 4) is 18.9 Å². The van der Waals surface area contributed by atoms with Crippen LogP contribution in [0.5, 0.6) is 0 Å². The number of amides is 1. The van der Waals surface area contributed by atoms with Gasteiger partial charge < -0.3 is 26.0 Å². The number of terminal acetylenes is 1. The van der Waals surface area contributed by atoms with E-state index in [-0.39, 0.29) is 18.0 Å². The number of fused-ring (bicyclic) bond motifs is 1. The standard InChI is InChI=1S/C29H32N6O2.C2H2/c1-3-24(36)34-14-5-7-21(18-34)28-33-25(26-27(31)32-13-15-35(26)28)20-9-11-22(12-10-20)29(2,37)23-8-4-6-19(16-23)17-30;1-2/h4,6,8-13,15-16,21,28,33,37H,3,5,7,14,18H2,1-2H3,(H2,31,32);1-2H/t21?,28?,29-;/m1./s1. The van der Waals surface area contributed by atoms with E-state index in [4.69, 9.17) is 5.73 Å². The van der Waals surface area contributed by atoms with Gasteiger partial charge in [0, 0.05) is 37.8 Å². The van der Waals surface area contributed by atoms with Crippen LogP contribution in [0.1, 0.15) is 55.4 Å². The molecule has 2 unspecified atom stereocenters. The Kier molecular flexibility index (Phi) is 8.09. The number of likely N-dealkylation sites (tertiary alicyclic amines) is 1. The van der Waals surface area contributed by atoms with Crippen LogP contribution in [0, 0.1) is 30.1 Å². The van der Waals surface area contributed by atoms with Crippen LogP contribution in [0.15, 0.2) is 71.6 Å². The first-order valence-electron chi connectivity index (χ1n) is 13.1. The lowest BCUT2D eigenvalue weighted by Crippen LogP contribution is -2.50. The number of benzene rings is 2. The molecule has 8 nitrogen and oxygen atoms in total. The van der Waals surface area contributed by atoms with E-state index in [1.54, 1.807) is 31.3 Å². The molecule has 3 aliphatic rings. The second-order valence-electron chi connectivity index (χ2n) is 9.97. The molecule has 4 N–H and O–H groups in total. The highest BCUT2D eigenvalue weighted by atomic mass is 16.3. The number of hydrogen-bond donors (Lipinski definition) is 3. The first-order chi connectivity index (χ1) is 18.8. The molecule has 1 fully saturated rings. The summed E-state index contributed by atoms with van der Waals surface area (Å²) in [6.07, 6.45) is 14.1. The lowest BCUT2D eigenvalue weighted by atomic mass is 9.87. The van der Waals surface area contributed by atoms with Gasteiger partial charge in [0.2, 0.25) is 5.91 Å². The van der Waals surface area contributed by atoms with Crippen molar-refractivity contribution in [1.82, 2.24) is 15.1 Å². The van der Waals surface area contributed by atoms with Crippen molar-refractivity contribution in [3.05, 3.63) is 88.9 Å². The number of amidine groups is 1. The molecule has 2 aromatic rings. The smallest absolute Gasteiger partial charge is 0.222 e. The second-order valence-corrected chi connectivity index (χ2v) is 9.97. The molecule has 2 aromatic carbocycles. The molecule has 0 aliphatic carbocycles. The summed E-state index contributed by atoms with van der Waals surface area (Å²) < 4.78 is 0. The van der Waals surface area contributed by atoms with Crippen molar-refractivity contribution < 1.29 is 9.90 Å². The fourth-order valence-corrected chi connectivity index (χ4v) is 5.53. The number of aliphatic imine (C=N–C) groups is 1. The number of carbonyl (C=O) groups is 1. The van der Waals surface area contributed by atoms with Gasteiger partial charge in [0.05, 0.1) is 17.3 Å². The average molecular weight is 523 g/mol. The zero-order chi connectivity index (χ0) is 28.2. The molecule has 0 spiro atoms. The van der Waals surface area contributed by atoms with Crippen LogP contribution >= 0.6 is 0 Å². The van der Waals surface area contributed by atoms with Gasteiger partial charge in [-0.1, -0.05) is 43.3 Å². The molecular weight excluding hydrogens is 488 g/mol. The van der Waals surface area contributed by atoms with Gasteiger partial charge in [-0.05, 0) is 48.6 Å². The minimum absolute atomic E-state index is 0.0424. The third kappa shape index (κ3) is 5.25. The summed E-state index contributed by atoms with van der Waals surface area (Å²) in [5.74, 6) is 0.864. The molecule has 1 amide bonds. The Hall–Kier alpha value is -4.53. The monoisotopic (exact) mass is 522 g/mol. The fourth-order valence-electron chi connectivity index (χ4n) is 5.53. The summed E-state index contributed by atoms with van der Waals surface area (Å²) in [4.78, 5) is 20.8. The van der Waals surface area contributed by atoms with E-state index in [1.807, 2.05) is 48.4 Å². The molecule has 3 aliphatic heterocycles. The molecule has 0 bridgehead atoms. The normalized spacial score (nSPS) is 21.5. The van der Waals surface area contributed by atoms with Gasteiger partial charge in [-0.3, -0.25) is 4.79 Å². The highest BCUT2D eigenvalue weighted by Crippen LogP contribution is 2.37. The van der Waals surface area contributed by atoms with E-state index in [2.05, 4.69) is 34.1 Å². The Morgan fingerprint density at radius 1 is 1.26 bits per heavy atom. The number of piperidine rings is 1. The lowest BCUT2D eigenvalue weighted by molar-refractivity contribution is -0.133. The number of nitrogens with two attached hydrogens (primary N) is 1. The van der Waals surface area contributed by atoms with Crippen LogP contribution in [0.2, 0.25) is 0 Å². The van der Waals surface area contributed by atoms with Crippen LogP contribution < -0.4 is 11.1 Å². The van der Waals surface area contributed by atoms with Gasteiger partial charge in [-0.25, -0.2) is 4.99 Å². The Morgan fingerprint density at radius 2 is 2.00 bits per heavy atom. The van der Waals surface area contributed by atoms with Crippen molar-refractivity contribution >= 4 is 17.4 Å². The summed E-state index contributed by atoms with van der Waals surface area (Å²) in [6.45, 7) is 5.15. The molecule has 3 heterocycles. The van der Waals surface area contributed by atoms with Gasteiger partial charge in [-0.2, -0.15) is 5.26 Å². The van der Waals surface area contributed by atoms with E-state index < -0.39 is 5.60 Å². The third-order valence-corrected chi connectivity index (χ3v) is 7.62. The maximum atomic E-state index is 12.4. The number of nitriles is 1. The Bertz CT molecular complexity index is 1380. The van der Waals surface area contributed by atoms with Crippen molar-refractivity contribution in [3.63, 3.8) is 0 Å². The highest BCUT2D eigenvalue weighted by Gasteiger charge is 2.40. The number of aliphatic hydroxyl groups is 1. The van der Waals surface area contributed by atoms with Crippen molar-refractivity contribution in [2.24, 2.45) is 16.6 Å². The van der Waals surface area contributed by atoms with Gasteiger partial charge in [-0.15, -0.1) is 12.8 Å². The van der Waals surface area contributed by atoms with Crippen LogP contribution in [-0.4, -0.2) is 45.9 Å². The van der Waals surface area contributed by atoms with Gasteiger partial charge in [0.25, 0.3) is 0 Å². The third-order valence-electron chi connectivity index (χ3n) is 7.62. The molecular formula is C31H34N6O2. The first kappa shape index (κ1) is 27.5. The zero-order valence-electron chi connectivity index (χ0n) is 22.3. The summed E-state index contributed by atoms with van der Waals surface area (Å²) >= 11 is 0. The van der Waals surface area contributed by atoms with Crippen LogP contribution in [-0.2, 0) is 10.4 Å². The first-order valence-corrected chi connectivity index (χ1v) is 13.1. The summed E-state index contributed by atoms with van der Waals surface area (Å²) in [5, 5.41) is 24.3. The number of hydrogen-bond acceptors (Lipinski definition) is 7. The molecule has 200 valence electrons. The molecule has 3 atom stereocenters. The van der Waals surface area contributed by atoms with E-state index in [0.717, 1.165) is 41.9 Å².